The summed E-state index contributed by atoms with van der Waals surface area (Å²) in [6.45, 7) is 4.31. The zero-order valence-electron chi connectivity index (χ0n) is 13.2. The second-order valence-electron chi connectivity index (χ2n) is 6.35. The first kappa shape index (κ1) is 16.7. The maximum Gasteiger partial charge on any atom is 0.237 e. The molecule has 1 atom stereocenters. The lowest BCUT2D eigenvalue weighted by atomic mass is 9.95. The number of rotatable bonds is 6. The number of amides is 1. The third-order valence-electron chi connectivity index (χ3n) is 4.80. The van der Waals surface area contributed by atoms with Crippen molar-refractivity contribution in [1.82, 2.24) is 10.2 Å². The van der Waals surface area contributed by atoms with E-state index < -0.39 is 0 Å². The van der Waals surface area contributed by atoms with Crippen molar-refractivity contribution in [1.29, 1.82) is 0 Å². The molecule has 0 spiro atoms. The monoisotopic (exact) mass is 298 g/mol. The molecule has 0 bridgehead atoms. The predicted molar refractivity (Wildman–Crippen MR) is 82.1 cm³/mol. The number of nitrogens with zero attached hydrogens (tertiary/aromatic N) is 1. The highest BCUT2D eigenvalue weighted by atomic mass is 16.5. The highest BCUT2D eigenvalue weighted by Crippen LogP contribution is 2.19. The number of nitrogens with one attached hydrogen (secondary N) is 1. The van der Waals surface area contributed by atoms with E-state index in [1.54, 1.807) is 0 Å². The Kier molecular flexibility index (Phi) is 6.93. The van der Waals surface area contributed by atoms with Crippen LogP contribution >= 0.6 is 0 Å². The largest absolute Gasteiger partial charge is 0.394 e. The summed E-state index contributed by atoms with van der Waals surface area (Å²) in [5, 5.41) is 12.0. The lowest BCUT2D eigenvalue weighted by Gasteiger charge is -2.36. The Morgan fingerprint density at radius 3 is 2.52 bits per heavy atom. The Morgan fingerprint density at radius 1 is 1.24 bits per heavy atom. The summed E-state index contributed by atoms with van der Waals surface area (Å²) in [4.78, 5) is 14.6. The van der Waals surface area contributed by atoms with Crippen LogP contribution in [-0.2, 0) is 9.53 Å². The summed E-state index contributed by atoms with van der Waals surface area (Å²) in [5.41, 5.74) is 0. The number of aliphatic hydroxyl groups excluding tert-OH is 1. The van der Waals surface area contributed by atoms with E-state index >= 15 is 0 Å². The molecule has 0 radical (unpaired) electrons. The Hall–Kier alpha value is -0.650. The molecule has 1 amide bonds. The predicted octanol–water partition coefficient (Wildman–Crippen LogP) is 1.30. The molecule has 0 aromatic heterocycles. The van der Waals surface area contributed by atoms with Gasteiger partial charge in [-0.3, -0.25) is 9.69 Å². The zero-order chi connectivity index (χ0) is 15.1. The van der Waals surface area contributed by atoms with Crippen molar-refractivity contribution in [3.8, 4) is 0 Å². The fraction of sp³-hybridized carbons (Fsp3) is 0.938. The molecule has 2 aliphatic rings. The van der Waals surface area contributed by atoms with Gasteiger partial charge >= 0.3 is 0 Å². The van der Waals surface area contributed by atoms with Crippen molar-refractivity contribution >= 4 is 5.91 Å². The average molecular weight is 298 g/mol. The van der Waals surface area contributed by atoms with Crippen LogP contribution in [0.2, 0.25) is 0 Å². The van der Waals surface area contributed by atoms with Crippen molar-refractivity contribution in [2.24, 2.45) is 0 Å². The Morgan fingerprint density at radius 2 is 1.90 bits per heavy atom. The fourth-order valence-electron chi connectivity index (χ4n) is 3.38. The molecule has 1 heterocycles. The molecular weight excluding hydrogens is 268 g/mol. The second kappa shape index (κ2) is 8.71. The van der Waals surface area contributed by atoms with Crippen molar-refractivity contribution in [3.63, 3.8) is 0 Å². The molecule has 122 valence electrons. The molecule has 1 aliphatic carbocycles. The normalized spacial score (nSPS) is 23.9. The molecule has 5 heteroatoms. The Bertz CT molecular complexity index is 311. The standard InChI is InChI=1S/C16H30N2O3/c1-13(16(20)17-14-5-3-2-4-6-14)18-9-7-15(8-10-18)21-12-11-19/h13-15,19H,2-12H2,1H3,(H,17,20). The molecule has 5 nitrogen and oxygen atoms in total. The molecule has 1 aliphatic heterocycles. The van der Waals surface area contributed by atoms with Crippen molar-refractivity contribution in [3.05, 3.63) is 0 Å². The van der Waals surface area contributed by atoms with Crippen molar-refractivity contribution < 1.29 is 14.6 Å². The summed E-state index contributed by atoms with van der Waals surface area (Å²) in [7, 11) is 0. The van der Waals surface area contributed by atoms with Gasteiger partial charge in [0.25, 0.3) is 0 Å². The minimum atomic E-state index is -0.0503. The number of ether oxygens (including phenoxy) is 1. The van der Waals surface area contributed by atoms with Crippen molar-refractivity contribution in [2.45, 2.75) is 70.1 Å². The van der Waals surface area contributed by atoms with Gasteiger partial charge in [-0.05, 0) is 32.6 Å². The summed E-state index contributed by atoms with van der Waals surface area (Å²) < 4.78 is 5.56. The second-order valence-corrected chi connectivity index (χ2v) is 6.35. The first-order valence-electron chi connectivity index (χ1n) is 8.47. The maximum absolute atomic E-state index is 12.3. The van der Waals surface area contributed by atoms with Crippen LogP contribution in [0.25, 0.3) is 0 Å². The van der Waals surface area contributed by atoms with E-state index in [9.17, 15) is 4.79 Å². The number of likely N-dealkylation sites (tertiary alicyclic amines) is 1. The van der Waals surface area contributed by atoms with Gasteiger partial charge < -0.3 is 15.2 Å². The molecular formula is C16H30N2O3. The number of carbonyl (C=O) groups is 1. The molecule has 1 saturated carbocycles. The summed E-state index contributed by atoms with van der Waals surface area (Å²) >= 11 is 0. The van der Waals surface area contributed by atoms with Gasteiger partial charge in [-0.1, -0.05) is 19.3 Å². The average Bonchev–Trinajstić information content (AvgIpc) is 2.53. The lowest BCUT2D eigenvalue weighted by molar-refractivity contribution is -0.128. The number of hydrogen-bond acceptors (Lipinski definition) is 4. The SMILES string of the molecule is CC(C(=O)NC1CCCCC1)N1CCC(OCCO)CC1. The number of hydrogen-bond donors (Lipinski definition) is 2. The Balaban J connectivity index is 1.70. The van der Waals surface area contributed by atoms with E-state index in [1.807, 2.05) is 6.92 Å². The summed E-state index contributed by atoms with van der Waals surface area (Å²) in [6, 6.07) is 0.338. The van der Waals surface area contributed by atoms with Crippen LogP contribution in [0.15, 0.2) is 0 Å². The van der Waals surface area contributed by atoms with Crippen LogP contribution in [0, 0.1) is 0 Å². The Labute approximate surface area is 128 Å². The van der Waals surface area contributed by atoms with Crippen molar-refractivity contribution in [2.75, 3.05) is 26.3 Å². The topological polar surface area (TPSA) is 61.8 Å². The van der Waals surface area contributed by atoms with Gasteiger partial charge in [-0.2, -0.15) is 0 Å². The first-order chi connectivity index (χ1) is 10.2. The maximum atomic E-state index is 12.3. The third-order valence-corrected chi connectivity index (χ3v) is 4.80. The molecule has 0 aromatic carbocycles. The van der Waals surface area contributed by atoms with Gasteiger partial charge in [0, 0.05) is 19.1 Å². The minimum Gasteiger partial charge on any atom is -0.394 e. The molecule has 2 rings (SSSR count). The zero-order valence-corrected chi connectivity index (χ0v) is 13.2. The number of aliphatic hydroxyl groups is 1. The minimum absolute atomic E-state index is 0.0503. The number of piperidine rings is 1. The summed E-state index contributed by atoms with van der Waals surface area (Å²) in [5.74, 6) is 0.177. The summed E-state index contributed by atoms with van der Waals surface area (Å²) in [6.07, 6.45) is 8.19. The first-order valence-corrected chi connectivity index (χ1v) is 8.47. The van der Waals surface area contributed by atoms with Gasteiger partial charge in [-0.15, -0.1) is 0 Å². The molecule has 1 unspecified atom stereocenters. The van der Waals surface area contributed by atoms with Crippen LogP contribution in [0.4, 0.5) is 0 Å². The van der Waals surface area contributed by atoms with Gasteiger partial charge in [0.15, 0.2) is 0 Å². The van der Waals surface area contributed by atoms with Crippen LogP contribution in [0.1, 0.15) is 51.9 Å². The van der Waals surface area contributed by atoms with E-state index in [0.29, 0.717) is 12.6 Å². The molecule has 21 heavy (non-hydrogen) atoms. The lowest BCUT2D eigenvalue weighted by Crippen LogP contribution is -2.51. The van der Waals surface area contributed by atoms with Crippen LogP contribution in [0.3, 0.4) is 0 Å². The van der Waals surface area contributed by atoms with Crippen LogP contribution < -0.4 is 5.32 Å². The molecule has 1 saturated heterocycles. The van der Waals surface area contributed by atoms with E-state index in [0.717, 1.165) is 38.8 Å². The van der Waals surface area contributed by atoms with Gasteiger partial charge in [0.1, 0.15) is 0 Å². The van der Waals surface area contributed by atoms with E-state index in [1.165, 1.54) is 19.3 Å². The molecule has 2 fully saturated rings. The van der Waals surface area contributed by atoms with E-state index in [-0.39, 0.29) is 24.7 Å². The molecule has 2 N–H and O–H groups in total. The van der Waals surface area contributed by atoms with Crippen LogP contribution in [0.5, 0.6) is 0 Å². The number of carbonyl (C=O) groups excluding carboxylic acids is 1. The highest BCUT2D eigenvalue weighted by molar-refractivity contribution is 5.81. The van der Waals surface area contributed by atoms with Gasteiger partial charge in [0.05, 0.1) is 25.4 Å². The smallest absolute Gasteiger partial charge is 0.237 e. The van der Waals surface area contributed by atoms with Crippen LogP contribution in [-0.4, -0.2) is 60.4 Å². The fourth-order valence-corrected chi connectivity index (χ4v) is 3.38. The van der Waals surface area contributed by atoms with Gasteiger partial charge in [-0.25, -0.2) is 0 Å². The van der Waals surface area contributed by atoms with E-state index in [2.05, 4.69) is 10.2 Å². The molecule has 0 aromatic rings. The van der Waals surface area contributed by atoms with Gasteiger partial charge in [0.2, 0.25) is 5.91 Å². The quantitative estimate of drug-likeness (QED) is 0.776. The highest BCUT2D eigenvalue weighted by Gasteiger charge is 2.28. The van der Waals surface area contributed by atoms with E-state index in [4.69, 9.17) is 9.84 Å². The third kappa shape index (κ3) is 5.24.